The zero-order valence-electron chi connectivity index (χ0n) is 17.5. The first-order chi connectivity index (χ1) is 13.8. The fourth-order valence-electron chi connectivity index (χ4n) is 8.54. The quantitative estimate of drug-likeness (QED) is 0.385. The number of piperidine rings is 1. The third kappa shape index (κ3) is 1.79. The summed E-state index contributed by atoms with van der Waals surface area (Å²) in [6.07, 6.45) is 3.38. The van der Waals surface area contributed by atoms with Gasteiger partial charge in [0.1, 0.15) is 11.5 Å². The van der Waals surface area contributed by atoms with E-state index in [0.717, 1.165) is 29.7 Å². The fraction of sp³-hybridized carbons (Fsp3) is 0.739. The molecule has 3 heterocycles. The van der Waals surface area contributed by atoms with Gasteiger partial charge in [-0.25, -0.2) is 4.79 Å². The first-order valence-corrected chi connectivity index (χ1v) is 11.1. The molecule has 6 heteroatoms. The zero-order valence-corrected chi connectivity index (χ0v) is 17.5. The highest BCUT2D eigenvalue weighted by Crippen LogP contribution is 2.74. The lowest BCUT2D eigenvalue weighted by atomic mass is 9.45. The number of allylic oxidation sites excluding steroid dienone is 2. The number of esters is 1. The summed E-state index contributed by atoms with van der Waals surface area (Å²) in [4.78, 5) is 27.1. The van der Waals surface area contributed by atoms with E-state index >= 15 is 0 Å². The van der Waals surface area contributed by atoms with Crippen molar-refractivity contribution in [3.05, 3.63) is 27.7 Å². The highest BCUT2D eigenvalue weighted by molar-refractivity contribution is 6.01. The van der Waals surface area contributed by atoms with E-state index in [1.807, 2.05) is 0 Å². The van der Waals surface area contributed by atoms with E-state index < -0.39 is 10.8 Å². The minimum Gasteiger partial charge on any atom is -0.633 e. The van der Waals surface area contributed by atoms with Crippen molar-refractivity contribution >= 4 is 11.8 Å². The van der Waals surface area contributed by atoms with Crippen LogP contribution in [0, 0.1) is 33.8 Å². The Morgan fingerprint density at radius 1 is 1.31 bits per heavy atom. The highest BCUT2D eigenvalue weighted by atomic mass is 16.6. The van der Waals surface area contributed by atoms with Crippen molar-refractivity contribution in [3.63, 3.8) is 0 Å². The first kappa shape index (κ1) is 18.1. The van der Waals surface area contributed by atoms with Crippen molar-refractivity contribution < 1.29 is 23.7 Å². The second-order valence-electron chi connectivity index (χ2n) is 10.5. The minimum absolute atomic E-state index is 0.0709. The Bertz CT molecular complexity index is 920. The Morgan fingerprint density at radius 3 is 2.86 bits per heavy atom. The van der Waals surface area contributed by atoms with Gasteiger partial charge < -0.3 is 19.3 Å². The molecular weight excluding hydrogens is 370 g/mol. The number of hydroxylamine groups is 3. The average molecular weight is 399 g/mol. The summed E-state index contributed by atoms with van der Waals surface area (Å²) in [6, 6.07) is -0.0709. The lowest BCUT2D eigenvalue weighted by Crippen LogP contribution is -2.69. The molecule has 0 radical (unpaired) electrons. The van der Waals surface area contributed by atoms with Gasteiger partial charge in [0.2, 0.25) is 0 Å². The SMILES string of the molecule is COC(=O)C1=C2CCOC3=C2[C@@]2(C1)C(=O)[C@@H]1C[C@@H]4[C@@]2(C)[C@H](CC3)C[N+]4([O-])CC1C. The number of fused-ring (bicyclic) bond motifs is 1. The Morgan fingerprint density at radius 2 is 2.10 bits per heavy atom. The number of Topliss-reactive ketones (excluding diaryl/α,β-unsaturated/α-hetero) is 1. The van der Waals surface area contributed by atoms with E-state index in [1.165, 1.54) is 7.11 Å². The van der Waals surface area contributed by atoms with Gasteiger partial charge >= 0.3 is 5.97 Å². The van der Waals surface area contributed by atoms with Gasteiger partial charge in [-0.3, -0.25) is 4.79 Å². The van der Waals surface area contributed by atoms with Crippen LogP contribution in [0.2, 0.25) is 0 Å². The van der Waals surface area contributed by atoms with Crippen molar-refractivity contribution in [2.45, 2.75) is 52.0 Å². The average Bonchev–Trinajstić information content (AvgIpc) is 3.13. The van der Waals surface area contributed by atoms with Crippen LogP contribution in [-0.2, 0) is 19.1 Å². The van der Waals surface area contributed by atoms with Gasteiger partial charge in [-0.2, -0.15) is 0 Å². The van der Waals surface area contributed by atoms with Crippen molar-refractivity contribution in [2.24, 2.45) is 28.6 Å². The summed E-state index contributed by atoms with van der Waals surface area (Å²) in [7, 11) is 1.41. The first-order valence-electron chi connectivity index (χ1n) is 11.1. The number of carbonyl (C=O) groups is 2. The van der Waals surface area contributed by atoms with E-state index in [4.69, 9.17) is 9.47 Å². The van der Waals surface area contributed by atoms with Crippen LogP contribution < -0.4 is 0 Å². The predicted molar refractivity (Wildman–Crippen MR) is 104 cm³/mol. The summed E-state index contributed by atoms with van der Waals surface area (Å²) in [5.74, 6) is 1.000. The van der Waals surface area contributed by atoms with Crippen molar-refractivity contribution in [1.29, 1.82) is 0 Å². The molecule has 2 unspecified atom stereocenters. The van der Waals surface area contributed by atoms with Gasteiger partial charge in [-0.05, 0) is 18.4 Å². The van der Waals surface area contributed by atoms with Crippen LogP contribution in [0.4, 0.5) is 0 Å². The maximum absolute atomic E-state index is 14.3. The number of hydrogen-bond donors (Lipinski definition) is 0. The fourth-order valence-corrected chi connectivity index (χ4v) is 8.54. The molecule has 3 fully saturated rings. The molecule has 6 rings (SSSR count). The van der Waals surface area contributed by atoms with Crippen LogP contribution >= 0.6 is 0 Å². The van der Waals surface area contributed by atoms with Gasteiger partial charge in [0.05, 0.1) is 38.3 Å². The summed E-state index contributed by atoms with van der Waals surface area (Å²) in [5, 5.41) is 14.0. The number of ketones is 1. The number of nitrogens with zero attached hydrogens (tertiary/aromatic N) is 1. The van der Waals surface area contributed by atoms with E-state index in [-0.39, 0.29) is 40.2 Å². The number of quaternary nitrogens is 1. The Balaban J connectivity index is 1.66. The Hall–Kier alpha value is -1.66. The van der Waals surface area contributed by atoms with Crippen LogP contribution in [0.1, 0.15) is 46.0 Å². The summed E-state index contributed by atoms with van der Waals surface area (Å²) in [5.41, 5.74) is 1.40. The smallest absolute Gasteiger partial charge is 0.334 e. The molecule has 6 aliphatic rings. The molecule has 156 valence electrons. The van der Waals surface area contributed by atoms with Gasteiger partial charge in [0.25, 0.3) is 0 Å². The van der Waals surface area contributed by atoms with Crippen LogP contribution in [0.3, 0.4) is 0 Å². The molecule has 3 aliphatic heterocycles. The summed E-state index contributed by atoms with van der Waals surface area (Å²) >= 11 is 0. The number of methoxy groups -OCH3 is 1. The second kappa shape index (κ2) is 5.33. The topological polar surface area (TPSA) is 75.7 Å². The molecule has 2 saturated heterocycles. The number of rotatable bonds is 1. The number of hydrogen-bond acceptors (Lipinski definition) is 5. The Labute approximate surface area is 171 Å². The third-order valence-electron chi connectivity index (χ3n) is 9.67. The van der Waals surface area contributed by atoms with E-state index in [1.54, 1.807) is 0 Å². The summed E-state index contributed by atoms with van der Waals surface area (Å²) in [6.45, 7) is 5.97. The van der Waals surface area contributed by atoms with E-state index in [0.29, 0.717) is 44.5 Å². The monoisotopic (exact) mass is 399 g/mol. The van der Waals surface area contributed by atoms with E-state index in [2.05, 4.69) is 13.8 Å². The molecule has 29 heavy (non-hydrogen) atoms. The predicted octanol–water partition coefficient (Wildman–Crippen LogP) is 2.87. The molecular formula is C23H29NO5. The van der Waals surface area contributed by atoms with Crippen molar-refractivity contribution in [1.82, 2.24) is 0 Å². The van der Waals surface area contributed by atoms with Gasteiger partial charge in [-0.15, -0.1) is 0 Å². The van der Waals surface area contributed by atoms with Crippen LogP contribution in [0.15, 0.2) is 22.5 Å². The molecule has 7 atom stereocenters. The maximum Gasteiger partial charge on any atom is 0.334 e. The highest BCUT2D eigenvalue weighted by Gasteiger charge is 2.78. The largest absolute Gasteiger partial charge is 0.633 e. The Kier molecular flexibility index (Phi) is 3.33. The van der Waals surface area contributed by atoms with Crippen LogP contribution in [-0.4, -0.2) is 49.2 Å². The van der Waals surface area contributed by atoms with Gasteiger partial charge in [0, 0.05) is 53.6 Å². The molecule has 2 bridgehead atoms. The lowest BCUT2D eigenvalue weighted by Gasteiger charge is -2.62. The number of ether oxygens (including phenoxy) is 2. The zero-order chi connectivity index (χ0) is 20.3. The number of carbonyl (C=O) groups excluding carboxylic acids is 2. The molecule has 0 aromatic heterocycles. The second-order valence-corrected chi connectivity index (χ2v) is 10.5. The third-order valence-corrected chi connectivity index (χ3v) is 9.67. The molecule has 1 saturated carbocycles. The van der Waals surface area contributed by atoms with Gasteiger partial charge in [-0.1, -0.05) is 13.8 Å². The standard InChI is InChI=1S/C23H29NO5/c1-12-10-24(27)11-13-4-5-17-19-14(6-7-29-17)16(21(26)28-3)9-23(19)20(25)15(12)8-18(24)22(13,23)2/h12-13,15,18H,4-11H2,1-3H3/t12?,13-,15-,18-,22-,23+,24?/m1/s1. The van der Waals surface area contributed by atoms with E-state index in [9.17, 15) is 14.8 Å². The maximum atomic E-state index is 14.3. The van der Waals surface area contributed by atoms with Gasteiger partial charge in [0.15, 0.2) is 0 Å². The molecule has 0 aromatic carbocycles. The summed E-state index contributed by atoms with van der Waals surface area (Å²) < 4.78 is 11.1. The molecule has 3 aliphatic carbocycles. The molecule has 0 N–H and O–H groups in total. The molecule has 0 aromatic rings. The van der Waals surface area contributed by atoms with Crippen LogP contribution in [0.25, 0.3) is 0 Å². The normalized spacial score (nSPS) is 49.6. The van der Waals surface area contributed by atoms with Crippen molar-refractivity contribution in [3.8, 4) is 0 Å². The lowest BCUT2D eigenvalue weighted by molar-refractivity contribution is -0.908. The molecule has 1 spiro atoms. The molecule has 6 nitrogen and oxygen atoms in total. The van der Waals surface area contributed by atoms with Crippen LogP contribution in [0.5, 0.6) is 0 Å². The minimum atomic E-state index is -0.796. The molecule has 0 amide bonds. The van der Waals surface area contributed by atoms with Crippen molar-refractivity contribution in [2.75, 3.05) is 26.8 Å².